The van der Waals surface area contributed by atoms with Gasteiger partial charge >= 0.3 is 6.18 Å². The van der Waals surface area contributed by atoms with Crippen molar-refractivity contribution in [3.63, 3.8) is 0 Å². The van der Waals surface area contributed by atoms with Gasteiger partial charge in [0.05, 0.1) is 5.56 Å². The topological polar surface area (TPSA) is 63.6 Å². The summed E-state index contributed by atoms with van der Waals surface area (Å²) in [5, 5.41) is 0. The molecule has 0 saturated heterocycles. The van der Waals surface area contributed by atoms with Crippen molar-refractivity contribution in [3.8, 4) is 11.5 Å². The van der Waals surface area contributed by atoms with Gasteiger partial charge < -0.3 is 4.74 Å². The Morgan fingerprint density at radius 1 is 1.04 bits per heavy atom. The van der Waals surface area contributed by atoms with Crippen LogP contribution < -0.4 is 4.74 Å². The van der Waals surface area contributed by atoms with E-state index < -0.39 is 26.8 Å². The largest absolute Gasteiger partial charge is 0.457 e. The quantitative estimate of drug-likeness (QED) is 0.836. The first-order valence-corrected chi connectivity index (χ1v) is 7.64. The molecule has 0 amide bonds. The lowest BCUT2D eigenvalue weighted by molar-refractivity contribution is -0.140. The van der Waals surface area contributed by atoms with Gasteiger partial charge in [0.15, 0.2) is 0 Å². The summed E-state index contributed by atoms with van der Waals surface area (Å²) in [7, 11) is -5.00. The van der Waals surface area contributed by atoms with Gasteiger partial charge in [0.1, 0.15) is 16.4 Å². The van der Waals surface area contributed by atoms with Crippen LogP contribution in [-0.2, 0) is 16.3 Å². The van der Waals surface area contributed by atoms with E-state index in [1.54, 1.807) is 18.2 Å². The number of halogens is 3. The van der Waals surface area contributed by atoms with Gasteiger partial charge in [-0.15, -0.1) is 0 Å². The van der Waals surface area contributed by atoms with Gasteiger partial charge in [-0.25, -0.2) is 0 Å². The van der Waals surface area contributed by atoms with Crippen LogP contribution in [0.1, 0.15) is 11.1 Å². The summed E-state index contributed by atoms with van der Waals surface area (Å²) in [6, 6.07) is 8.55. The number of rotatable bonds is 4. The zero-order valence-electron chi connectivity index (χ0n) is 11.5. The third-order valence-electron chi connectivity index (χ3n) is 2.89. The van der Waals surface area contributed by atoms with Crippen molar-refractivity contribution in [3.05, 3.63) is 60.2 Å². The van der Waals surface area contributed by atoms with E-state index in [1.807, 2.05) is 0 Å². The Bertz CT molecular complexity index is 825. The fourth-order valence-electron chi connectivity index (χ4n) is 1.83. The van der Waals surface area contributed by atoms with E-state index in [1.165, 1.54) is 12.1 Å². The molecular weight excluding hydrogens is 333 g/mol. The molecule has 2 rings (SSSR count). The number of hydrogen-bond acceptors (Lipinski definition) is 3. The average molecular weight is 344 g/mol. The number of ether oxygens (including phenoxy) is 1. The first kappa shape index (κ1) is 17.0. The van der Waals surface area contributed by atoms with Crippen molar-refractivity contribution in [2.45, 2.75) is 11.1 Å². The Hall–Kier alpha value is -2.32. The van der Waals surface area contributed by atoms with Crippen LogP contribution in [0.25, 0.3) is 6.08 Å². The van der Waals surface area contributed by atoms with Gasteiger partial charge in [0.2, 0.25) is 0 Å². The molecule has 0 aromatic heterocycles. The van der Waals surface area contributed by atoms with Crippen LogP contribution in [0.2, 0.25) is 0 Å². The van der Waals surface area contributed by atoms with E-state index in [4.69, 9.17) is 9.29 Å². The van der Waals surface area contributed by atoms with Crippen LogP contribution in [0.5, 0.6) is 11.5 Å². The third-order valence-corrected chi connectivity index (χ3v) is 3.80. The monoisotopic (exact) mass is 344 g/mol. The summed E-state index contributed by atoms with van der Waals surface area (Å²) in [4.78, 5) is -1.22. The SMILES string of the molecule is C=Cc1ccc(Oc2ccc(S(=O)(=O)O)c(C(F)(F)F)c2)cc1. The summed E-state index contributed by atoms with van der Waals surface area (Å²) in [5.41, 5.74) is -0.699. The van der Waals surface area contributed by atoms with Gasteiger partial charge in [-0.1, -0.05) is 24.8 Å². The minimum absolute atomic E-state index is 0.212. The highest BCUT2D eigenvalue weighted by atomic mass is 32.2. The summed E-state index contributed by atoms with van der Waals surface area (Å²) in [6.07, 6.45) is -3.37. The Kier molecular flexibility index (Phi) is 4.49. The van der Waals surface area contributed by atoms with Crippen LogP contribution in [0.15, 0.2) is 53.9 Å². The molecule has 1 N–H and O–H groups in total. The van der Waals surface area contributed by atoms with Crippen LogP contribution in [0, 0.1) is 0 Å². The molecule has 0 saturated carbocycles. The number of alkyl halides is 3. The molecular formula is C15H11F3O4S. The predicted octanol–water partition coefficient (Wildman–Crippen LogP) is 4.39. The minimum atomic E-state index is -5.00. The molecule has 0 fully saturated rings. The molecule has 0 aliphatic carbocycles. The Labute approximate surface area is 130 Å². The molecule has 0 aliphatic heterocycles. The molecule has 122 valence electrons. The fourth-order valence-corrected chi connectivity index (χ4v) is 2.52. The smallest absolute Gasteiger partial charge is 0.417 e. The van der Waals surface area contributed by atoms with Gasteiger partial charge in [0, 0.05) is 0 Å². The predicted molar refractivity (Wildman–Crippen MR) is 77.9 cm³/mol. The fraction of sp³-hybridized carbons (Fsp3) is 0.0667. The molecule has 23 heavy (non-hydrogen) atoms. The lowest BCUT2D eigenvalue weighted by Crippen LogP contribution is -2.12. The highest BCUT2D eigenvalue weighted by molar-refractivity contribution is 7.85. The number of hydrogen-bond donors (Lipinski definition) is 1. The average Bonchev–Trinajstić information content (AvgIpc) is 2.46. The molecule has 0 bridgehead atoms. The Morgan fingerprint density at radius 2 is 1.61 bits per heavy atom. The van der Waals surface area contributed by atoms with E-state index in [0.717, 1.165) is 11.6 Å². The molecule has 0 unspecified atom stereocenters. The van der Waals surface area contributed by atoms with Crippen molar-refractivity contribution < 1.29 is 30.9 Å². The van der Waals surface area contributed by atoms with Crippen LogP contribution >= 0.6 is 0 Å². The third kappa shape index (κ3) is 4.11. The van der Waals surface area contributed by atoms with Gasteiger partial charge in [-0.05, 0) is 35.9 Å². The molecule has 8 heteroatoms. The summed E-state index contributed by atoms with van der Waals surface area (Å²) in [6.45, 7) is 3.57. The zero-order valence-corrected chi connectivity index (χ0v) is 12.4. The second-order valence-electron chi connectivity index (χ2n) is 4.51. The van der Waals surface area contributed by atoms with Gasteiger partial charge in [-0.3, -0.25) is 4.55 Å². The highest BCUT2D eigenvalue weighted by Crippen LogP contribution is 2.37. The molecule has 2 aromatic carbocycles. The molecule has 0 aliphatic rings. The maximum Gasteiger partial charge on any atom is 0.417 e. The highest BCUT2D eigenvalue weighted by Gasteiger charge is 2.37. The maximum atomic E-state index is 13.0. The van der Waals surface area contributed by atoms with E-state index in [0.29, 0.717) is 12.1 Å². The summed E-state index contributed by atoms with van der Waals surface area (Å²) < 4.78 is 75.1. The second-order valence-corrected chi connectivity index (χ2v) is 5.90. The van der Waals surface area contributed by atoms with Crippen molar-refractivity contribution in [1.29, 1.82) is 0 Å². The first-order valence-electron chi connectivity index (χ1n) is 6.20. The zero-order chi connectivity index (χ0) is 17.3. The standard InChI is InChI=1S/C15H11F3O4S/c1-2-10-3-5-11(6-4-10)22-12-7-8-14(23(19,20)21)13(9-12)15(16,17)18/h2-9H,1H2,(H,19,20,21). The van der Waals surface area contributed by atoms with Crippen LogP contribution in [0.3, 0.4) is 0 Å². The second kappa shape index (κ2) is 6.05. The van der Waals surface area contributed by atoms with Crippen LogP contribution in [0.4, 0.5) is 13.2 Å². The lowest BCUT2D eigenvalue weighted by atomic mass is 10.2. The van der Waals surface area contributed by atoms with Crippen molar-refractivity contribution in [2.75, 3.05) is 0 Å². The minimum Gasteiger partial charge on any atom is -0.457 e. The summed E-state index contributed by atoms with van der Waals surface area (Å²) in [5.74, 6) is 0.0550. The normalized spacial score (nSPS) is 12.0. The molecule has 0 heterocycles. The Morgan fingerprint density at radius 3 is 2.09 bits per heavy atom. The Balaban J connectivity index is 2.42. The van der Waals surface area contributed by atoms with Crippen LogP contribution in [-0.4, -0.2) is 13.0 Å². The molecule has 0 spiro atoms. The summed E-state index contributed by atoms with van der Waals surface area (Å²) >= 11 is 0. The van der Waals surface area contributed by atoms with E-state index in [-0.39, 0.29) is 11.5 Å². The van der Waals surface area contributed by atoms with E-state index in [9.17, 15) is 21.6 Å². The molecule has 0 atom stereocenters. The molecule has 0 radical (unpaired) electrons. The molecule has 4 nitrogen and oxygen atoms in total. The van der Waals surface area contributed by atoms with Crippen molar-refractivity contribution >= 4 is 16.2 Å². The van der Waals surface area contributed by atoms with Gasteiger partial charge in [0.25, 0.3) is 10.1 Å². The lowest BCUT2D eigenvalue weighted by Gasteiger charge is -2.13. The first-order chi connectivity index (χ1) is 10.6. The van der Waals surface area contributed by atoms with Crippen molar-refractivity contribution in [1.82, 2.24) is 0 Å². The number of benzene rings is 2. The van der Waals surface area contributed by atoms with Gasteiger partial charge in [-0.2, -0.15) is 21.6 Å². The van der Waals surface area contributed by atoms with Crippen molar-refractivity contribution in [2.24, 2.45) is 0 Å². The van der Waals surface area contributed by atoms with E-state index >= 15 is 0 Å². The molecule has 2 aromatic rings. The maximum absolute atomic E-state index is 13.0. The van der Waals surface area contributed by atoms with E-state index in [2.05, 4.69) is 6.58 Å².